The van der Waals surface area contributed by atoms with E-state index in [0.717, 1.165) is 0 Å². The fraction of sp³-hybridized carbons (Fsp3) is 0.385. The van der Waals surface area contributed by atoms with E-state index >= 15 is 0 Å². The molecule has 0 saturated carbocycles. The van der Waals surface area contributed by atoms with E-state index in [1.807, 2.05) is 19.6 Å². The molecule has 0 saturated heterocycles. The Hall–Kier alpha value is -1.66. The summed E-state index contributed by atoms with van der Waals surface area (Å²) in [6.07, 6.45) is 5.16. The van der Waals surface area contributed by atoms with Crippen molar-refractivity contribution in [1.82, 2.24) is 0 Å². The average Bonchev–Trinajstić information content (AvgIpc) is 2.33. The summed E-state index contributed by atoms with van der Waals surface area (Å²) >= 11 is 0. The second-order valence-electron chi connectivity index (χ2n) is 5.47. The smallest absolute Gasteiger partial charge is 0.376 e. The molecule has 0 bridgehead atoms. The summed E-state index contributed by atoms with van der Waals surface area (Å²) in [6.45, 7) is 5.73. The van der Waals surface area contributed by atoms with E-state index in [1.165, 1.54) is 12.1 Å². The summed E-state index contributed by atoms with van der Waals surface area (Å²) < 4.78 is 64.3. The van der Waals surface area contributed by atoms with Crippen LogP contribution < -0.4 is 14.7 Å². The van der Waals surface area contributed by atoms with Gasteiger partial charge in [-0.25, -0.2) is 0 Å². The largest absolute Gasteiger partial charge is 0.534 e. The molecule has 9 heteroatoms. The summed E-state index contributed by atoms with van der Waals surface area (Å²) in [7, 11) is -7.94. The van der Waals surface area contributed by atoms with Crippen molar-refractivity contribution < 1.29 is 25.8 Å². The fourth-order valence-electron chi connectivity index (χ4n) is 1.83. The van der Waals surface area contributed by atoms with Crippen LogP contribution in [0.2, 0.25) is 19.6 Å². The van der Waals surface area contributed by atoms with Gasteiger partial charge in [0, 0.05) is 10.9 Å². The number of terminal acetylenes is 1. The molecule has 1 rings (SSSR count). The van der Waals surface area contributed by atoms with Gasteiger partial charge < -0.3 is 9.50 Å². The van der Waals surface area contributed by atoms with E-state index in [2.05, 4.69) is 15.4 Å². The van der Waals surface area contributed by atoms with Crippen LogP contribution in [0.5, 0.6) is 5.75 Å². The number of hydrogen-bond donors (Lipinski definition) is 1. The molecule has 0 radical (unpaired) electrons. The van der Waals surface area contributed by atoms with Crippen molar-refractivity contribution in [2.45, 2.75) is 25.1 Å². The lowest BCUT2D eigenvalue weighted by Gasteiger charge is -2.24. The zero-order valence-corrected chi connectivity index (χ0v) is 14.1. The van der Waals surface area contributed by atoms with E-state index < -0.39 is 23.7 Å². The molecule has 0 amide bonds. The third-order valence-corrected chi connectivity index (χ3v) is 5.62. The molecule has 0 heterocycles. The topological polar surface area (TPSA) is 55.4 Å². The average molecular weight is 351 g/mol. The number of benzene rings is 1. The van der Waals surface area contributed by atoms with Gasteiger partial charge in [0.2, 0.25) is 0 Å². The minimum Gasteiger partial charge on any atom is -0.376 e. The van der Waals surface area contributed by atoms with Crippen LogP contribution in [0.25, 0.3) is 0 Å². The first kappa shape index (κ1) is 18.4. The minimum atomic E-state index is -5.72. The first-order valence-corrected chi connectivity index (χ1v) is 11.1. The maximum atomic E-state index is 12.5. The Labute approximate surface area is 128 Å². The van der Waals surface area contributed by atoms with Gasteiger partial charge in [-0.05, 0) is 12.1 Å². The van der Waals surface area contributed by atoms with Crippen molar-refractivity contribution in [1.29, 1.82) is 0 Å². The van der Waals surface area contributed by atoms with Crippen molar-refractivity contribution in [3.05, 3.63) is 18.2 Å². The predicted molar refractivity (Wildman–Crippen MR) is 82.3 cm³/mol. The lowest BCUT2D eigenvalue weighted by molar-refractivity contribution is -0.0499. The molecule has 1 aromatic rings. The first-order valence-electron chi connectivity index (χ1n) is 6.21. The van der Waals surface area contributed by atoms with E-state index in [-0.39, 0.29) is 12.3 Å². The van der Waals surface area contributed by atoms with Crippen LogP contribution >= 0.6 is 0 Å². The summed E-state index contributed by atoms with van der Waals surface area (Å²) in [4.78, 5) is 0. The molecule has 1 aromatic carbocycles. The highest BCUT2D eigenvalue weighted by Crippen LogP contribution is 2.29. The Morgan fingerprint density at radius 2 is 1.91 bits per heavy atom. The van der Waals surface area contributed by atoms with Gasteiger partial charge in [0.25, 0.3) is 0 Å². The van der Waals surface area contributed by atoms with Gasteiger partial charge in [-0.3, -0.25) is 0 Å². The lowest BCUT2D eigenvalue weighted by atomic mass is 10.3. The SMILES string of the molecule is C#CCNc1cccc(OS(=O)(=O)C(F)(F)F)c1[Si](C)(C)C. The number of hydrogen-bond acceptors (Lipinski definition) is 4. The van der Waals surface area contributed by atoms with Crippen LogP contribution in [0, 0.1) is 12.3 Å². The van der Waals surface area contributed by atoms with Gasteiger partial charge in [0.1, 0.15) is 5.75 Å². The monoisotopic (exact) mass is 351 g/mol. The highest BCUT2D eigenvalue weighted by atomic mass is 32.2. The van der Waals surface area contributed by atoms with Crippen LogP contribution in [0.4, 0.5) is 18.9 Å². The highest BCUT2D eigenvalue weighted by molar-refractivity contribution is 7.88. The van der Waals surface area contributed by atoms with Crippen LogP contribution in [-0.2, 0) is 10.1 Å². The Balaban J connectivity index is 3.41. The van der Waals surface area contributed by atoms with E-state index in [1.54, 1.807) is 6.07 Å². The van der Waals surface area contributed by atoms with Gasteiger partial charge in [-0.2, -0.15) is 21.6 Å². The van der Waals surface area contributed by atoms with Crippen molar-refractivity contribution in [2.75, 3.05) is 11.9 Å². The van der Waals surface area contributed by atoms with Crippen molar-refractivity contribution >= 4 is 29.1 Å². The first-order chi connectivity index (χ1) is 9.90. The molecule has 22 heavy (non-hydrogen) atoms. The second-order valence-corrected chi connectivity index (χ2v) is 12.0. The molecule has 0 aliphatic heterocycles. The summed E-state index contributed by atoms with van der Waals surface area (Å²) in [5, 5.41) is 3.31. The zero-order chi connectivity index (χ0) is 17.2. The fourth-order valence-corrected chi connectivity index (χ4v) is 4.23. The molecule has 0 unspecified atom stereocenters. The number of rotatable bonds is 5. The van der Waals surface area contributed by atoms with Crippen LogP contribution in [-0.4, -0.2) is 28.5 Å². The predicted octanol–water partition coefficient (Wildman–Crippen LogP) is 2.51. The van der Waals surface area contributed by atoms with Crippen LogP contribution in [0.1, 0.15) is 0 Å². The summed E-state index contributed by atoms with van der Waals surface area (Å²) in [5.74, 6) is 2.03. The molecule has 4 nitrogen and oxygen atoms in total. The van der Waals surface area contributed by atoms with E-state index in [0.29, 0.717) is 10.9 Å². The maximum Gasteiger partial charge on any atom is 0.534 e. The van der Waals surface area contributed by atoms with Gasteiger partial charge >= 0.3 is 15.6 Å². The molecule has 0 spiro atoms. The molecule has 122 valence electrons. The number of alkyl halides is 3. The van der Waals surface area contributed by atoms with Gasteiger partial charge in [-0.15, -0.1) is 6.42 Å². The second kappa shape index (κ2) is 6.22. The molecular weight excluding hydrogens is 335 g/mol. The summed E-state index contributed by atoms with van der Waals surface area (Å²) in [6, 6.07) is 4.24. The van der Waals surface area contributed by atoms with Crippen molar-refractivity contribution in [3.8, 4) is 18.1 Å². The molecule has 0 aliphatic rings. The lowest BCUT2D eigenvalue weighted by Crippen LogP contribution is -2.42. The number of nitrogens with one attached hydrogen (secondary N) is 1. The minimum absolute atomic E-state index is 0.160. The van der Waals surface area contributed by atoms with Crippen molar-refractivity contribution in [2.24, 2.45) is 0 Å². The highest BCUT2D eigenvalue weighted by Gasteiger charge is 2.49. The van der Waals surface area contributed by atoms with Gasteiger partial charge in [-0.1, -0.05) is 31.6 Å². The summed E-state index contributed by atoms with van der Waals surface area (Å²) in [5.41, 5.74) is -5.00. The van der Waals surface area contributed by atoms with Crippen LogP contribution in [0.3, 0.4) is 0 Å². The van der Waals surface area contributed by atoms with Gasteiger partial charge in [0.15, 0.2) is 0 Å². The molecule has 0 aromatic heterocycles. The third-order valence-electron chi connectivity index (χ3n) is 2.64. The normalized spacial score (nSPS) is 12.6. The van der Waals surface area contributed by atoms with Crippen LogP contribution in [0.15, 0.2) is 18.2 Å². The Bertz CT molecular complexity index is 688. The van der Waals surface area contributed by atoms with Gasteiger partial charge in [0.05, 0.1) is 14.6 Å². The molecule has 0 fully saturated rings. The molecule has 0 aliphatic carbocycles. The molecular formula is C13H16F3NO3SSi. The molecule has 1 N–H and O–H groups in total. The zero-order valence-electron chi connectivity index (χ0n) is 12.3. The third kappa shape index (κ3) is 4.17. The maximum absolute atomic E-state index is 12.5. The number of anilines is 1. The van der Waals surface area contributed by atoms with E-state index in [9.17, 15) is 21.6 Å². The Kier molecular flexibility index (Phi) is 5.20. The number of halogens is 3. The standard InChI is InChI=1S/C13H16F3NO3SSi/c1-5-9-17-10-7-6-8-11(12(10)22(2,3)4)20-21(18,19)13(14,15)16/h1,6-8,17H,9H2,2-4H3. The quantitative estimate of drug-likeness (QED) is 0.383. The van der Waals surface area contributed by atoms with E-state index in [4.69, 9.17) is 6.42 Å². The van der Waals surface area contributed by atoms with Crippen molar-refractivity contribution in [3.63, 3.8) is 0 Å². The Morgan fingerprint density at radius 1 is 1.32 bits per heavy atom. The Morgan fingerprint density at radius 3 is 2.36 bits per heavy atom. The molecule has 0 atom stereocenters.